The topological polar surface area (TPSA) is 82.2 Å². The van der Waals surface area contributed by atoms with E-state index < -0.39 is 17.9 Å². The van der Waals surface area contributed by atoms with Crippen LogP contribution in [0.15, 0.2) is 30.3 Å². The highest BCUT2D eigenvalue weighted by Gasteiger charge is 2.25. The van der Waals surface area contributed by atoms with E-state index >= 15 is 0 Å². The number of hydrogen-bond donors (Lipinski definition) is 3. The molecule has 110 valence electrons. The predicted octanol–water partition coefficient (Wildman–Crippen LogP) is 3.53. The second-order valence-corrected chi connectivity index (χ2v) is 5.30. The lowest BCUT2D eigenvalue weighted by molar-refractivity contribution is -0.139. The summed E-state index contributed by atoms with van der Waals surface area (Å²) in [5.74, 6) is -1.89. The average molecular weight is 348 g/mol. The highest BCUT2D eigenvalue weighted by atomic mass is 35.5. The van der Waals surface area contributed by atoms with Crippen molar-refractivity contribution in [1.82, 2.24) is 10.3 Å². The number of hydrogen-bond acceptors (Lipinski definition) is 2. The van der Waals surface area contributed by atoms with Crippen molar-refractivity contribution in [2.24, 2.45) is 0 Å². The van der Waals surface area contributed by atoms with Crippen molar-refractivity contribution < 1.29 is 14.7 Å². The zero-order valence-electron chi connectivity index (χ0n) is 10.4. The SMILES string of the molecule is O=C(N[C@@H](C(=O)O)c1ccccc1Cl)c1cc(Cl)c(Cl)[nH]1. The molecule has 0 aliphatic carbocycles. The summed E-state index contributed by atoms with van der Waals surface area (Å²) in [4.78, 5) is 25.9. The minimum absolute atomic E-state index is 0.0586. The number of carbonyl (C=O) groups is 2. The van der Waals surface area contributed by atoms with Crippen LogP contribution in [0.5, 0.6) is 0 Å². The molecule has 0 fully saturated rings. The van der Waals surface area contributed by atoms with Gasteiger partial charge in [0, 0.05) is 10.6 Å². The molecular formula is C13H9Cl3N2O3. The van der Waals surface area contributed by atoms with Crippen molar-refractivity contribution in [3.63, 3.8) is 0 Å². The molecule has 0 radical (unpaired) electrons. The number of rotatable bonds is 4. The number of H-pyrrole nitrogens is 1. The Bertz CT molecular complexity index is 680. The number of carbonyl (C=O) groups excluding carboxylic acids is 1. The smallest absolute Gasteiger partial charge is 0.330 e. The number of benzene rings is 1. The molecule has 3 N–H and O–H groups in total. The van der Waals surface area contributed by atoms with Crippen molar-refractivity contribution in [3.8, 4) is 0 Å². The largest absolute Gasteiger partial charge is 0.479 e. The van der Waals surface area contributed by atoms with Crippen molar-refractivity contribution in [1.29, 1.82) is 0 Å². The highest BCUT2D eigenvalue weighted by molar-refractivity contribution is 6.41. The number of aromatic amines is 1. The summed E-state index contributed by atoms with van der Waals surface area (Å²) in [6.45, 7) is 0. The summed E-state index contributed by atoms with van der Waals surface area (Å²) < 4.78 is 0. The first kappa shape index (κ1) is 15.7. The van der Waals surface area contributed by atoms with E-state index in [2.05, 4.69) is 10.3 Å². The van der Waals surface area contributed by atoms with Gasteiger partial charge in [0.25, 0.3) is 5.91 Å². The van der Waals surface area contributed by atoms with Crippen LogP contribution >= 0.6 is 34.8 Å². The summed E-state index contributed by atoms with van der Waals surface area (Å²) in [7, 11) is 0. The minimum atomic E-state index is -1.29. The molecule has 21 heavy (non-hydrogen) atoms. The molecule has 0 saturated heterocycles. The third-order valence-corrected chi connectivity index (χ3v) is 3.75. The Morgan fingerprint density at radius 2 is 1.81 bits per heavy atom. The van der Waals surface area contributed by atoms with Crippen LogP contribution in [0.1, 0.15) is 22.1 Å². The molecule has 5 nitrogen and oxygen atoms in total. The van der Waals surface area contributed by atoms with Crippen LogP contribution in [0.4, 0.5) is 0 Å². The number of aliphatic carboxylic acids is 1. The number of carboxylic acids is 1. The first-order valence-electron chi connectivity index (χ1n) is 5.72. The lowest BCUT2D eigenvalue weighted by Gasteiger charge is -2.15. The molecule has 8 heteroatoms. The summed E-state index contributed by atoms with van der Waals surface area (Å²) in [5, 5.41) is 12.1. The molecule has 2 aromatic rings. The Labute approximate surface area is 134 Å². The molecule has 1 heterocycles. The normalized spacial score (nSPS) is 12.0. The number of carboxylic acid groups (broad SMARTS) is 1. The fourth-order valence-corrected chi connectivity index (χ4v) is 2.27. The van der Waals surface area contributed by atoms with Crippen LogP contribution in [0.25, 0.3) is 0 Å². The van der Waals surface area contributed by atoms with Gasteiger partial charge in [-0.25, -0.2) is 4.79 Å². The van der Waals surface area contributed by atoms with Gasteiger partial charge in [-0.2, -0.15) is 0 Å². The summed E-state index contributed by atoms with van der Waals surface area (Å²) >= 11 is 17.4. The summed E-state index contributed by atoms with van der Waals surface area (Å²) in [6, 6.07) is 6.39. The molecule has 1 amide bonds. The van der Waals surface area contributed by atoms with Crippen LogP contribution in [0.2, 0.25) is 15.2 Å². The molecule has 1 aromatic carbocycles. The molecule has 0 aliphatic rings. The second-order valence-electron chi connectivity index (χ2n) is 4.11. The Balaban J connectivity index is 2.27. The fraction of sp³-hybridized carbons (Fsp3) is 0.0769. The Hall–Kier alpha value is -1.69. The van der Waals surface area contributed by atoms with Crippen molar-refractivity contribution in [2.45, 2.75) is 6.04 Å². The van der Waals surface area contributed by atoms with Crippen LogP contribution < -0.4 is 5.32 Å². The van der Waals surface area contributed by atoms with Crippen LogP contribution in [0, 0.1) is 0 Å². The quantitative estimate of drug-likeness (QED) is 0.791. The second kappa shape index (κ2) is 6.39. The van der Waals surface area contributed by atoms with E-state index in [-0.39, 0.29) is 26.5 Å². The van der Waals surface area contributed by atoms with Gasteiger partial charge in [-0.15, -0.1) is 0 Å². The molecule has 2 rings (SSSR count). The van der Waals surface area contributed by atoms with Crippen molar-refractivity contribution in [2.75, 3.05) is 0 Å². The van der Waals surface area contributed by atoms with Crippen LogP contribution in [0.3, 0.4) is 0 Å². The Morgan fingerprint density at radius 1 is 1.14 bits per heavy atom. The van der Waals surface area contributed by atoms with E-state index in [0.29, 0.717) is 0 Å². The number of nitrogens with one attached hydrogen (secondary N) is 2. The first-order valence-corrected chi connectivity index (χ1v) is 6.85. The monoisotopic (exact) mass is 346 g/mol. The van der Waals surface area contributed by atoms with E-state index in [4.69, 9.17) is 34.8 Å². The van der Waals surface area contributed by atoms with Crippen molar-refractivity contribution >= 4 is 46.7 Å². The molecule has 1 aromatic heterocycles. The maximum atomic E-state index is 12.0. The van der Waals surface area contributed by atoms with E-state index in [9.17, 15) is 14.7 Å². The molecule has 0 aliphatic heterocycles. The van der Waals surface area contributed by atoms with Gasteiger partial charge in [0.2, 0.25) is 0 Å². The molecule has 0 unspecified atom stereocenters. The third kappa shape index (κ3) is 3.50. The maximum absolute atomic E-state index is 12.0. The fourth-order valence-electron chi connectivity index (χ4n) is 1.72. The van der Waals surface area contributed by atoms with Gasteiger partial charge < -0.3 is 15.4 Å². The highest BCUT2D eigenvalue weighted by Crippen LogP contribution is 2.25. The summed E-state index contributed by atoms with van der Waals surface area (Å²) in [5.41, 5.74) is 0.340. The predicted molar refractivity (Wildman–Crippen MR) is 80.1 cm³/mol. The van der Waals surface area contributed by atoms with Gasteiger partial charge in [0.15, 0.2) is 6.04 Å². The average Bonchev–Trinajstić information content (AvgIpc) is 2.76. The number of amides is 1. The maximum Gasteiger partial charge on any atom is 0.330 e. The van der Waals surface area contributed by atoms with Gasteiger partial charge in [-0.3, -0.25) is 4.79 Å². The Kier molecular flexibility index (Phi) is 4.77. The Morgan fingerprint density at radius 3 is 2.33 bits per heavy atom. The molecule has 0 bridgehead atoms. The van der Waals surface area contributed by atoms with Gasteiger partial charge in [0.1, 0.15) is 10.8 Å². The summed E-state index contributed by atoms with van der Waals surface area (Å²) in [6.07, 6.45) is 0. The molecule has 0 saturated carbocycles. The van der Waals surface area contributed by atoms with E-state index in [0.717, 1.165) is 0 Å². The van der Waals surface area contributed by atoms with Gasteiger partial charge in [0.05, 0.1) is 5.02 Å². The zero-order valence-corrected chi connectivity index (χ0v) is 12.6. The molecule has 1 atom stereocenters. The third-order valence-electron chi connectivity index (χ3n) is 2.71. The van der Waals surface area contributed by atoms with Crippen molar-refractivity contribution in [3.05, 3.63) is 56.8 Å². The van der Waals surface area contributed by atoms with Crippen LogP contribution in [-0.4, -0.2) is 22.0 Å². The zero-order chi connectivity index (χ0) is 15.6. The van der Waals surface area contributed by atoms with Crippen LogP contribution in [-0.2, 0) is 4.79 Å². The standard InChI is InChI=1S/C13H9Cl3N2O3/c14-7-4-2-1-3-6(7)10(13(20)21)18-12(19)9-5-8(15)11(16)17-9/h1-5,10,17H,(H,18,19)(H,20,21)/t10-/m1/s1. The minimum Gasteiger partial charge on any atom is -0.479 e. The number of aromatic nitrogens is 1. The van der Waals surface area contributed by atoms with Gasteiger partial charge in [-0.1, -0.05) is 53.0 Å². The lowest BCUT2D eigenvalue weighted by Crippen LogP contribution is -2.34. The first-order chi connectivity index (χ1) is 9.90. The lowest BCUT2D eigenvalue weighted by atomic mass is 10.1. The van der Waals surface area contributed by atoms with Gasteiger partial charge >= 0.3 is 5.97 Å². The van der Waals surface area contributed by atoms with E-state index in [1.807, 2.05) is 0 Å². The number of halogens is 3. The van der Waals surface area contributed by atoms with E-state index in [1.54, 1.807) is 18.2 Å². The molecule has 0 spiro atoms. The van der Waals surface area contributed by atoms with E-state index in [1.165, 1.54) is 12.1 Å². The van der Waals surface area contributed by atoms with Gasteiger partial charge in [-0.05, 0) is 12.1 Å². The molecular weight excluding hydrogens is 339 g/mol.